The van der Waals surface area contributed by atoms with Crippen LogP contribution in [0.25, 0.3) is 0 Å². The molecule has 1 unspecified atom stereocenters. The number of hydrogen-bond donors (Lipinski definition) is 2. The number of aliphatic imine (C=N–C) groups is 1. The Bertz CT molecular complexity index is 558. The molecular formula is C22H42IN5O2S. The van der Waals surface area contributed by atoms with Crippen molar-refractivity contribution in [2.75, 3.05) is 84.2 Å². The average molecular weight is 568 g/mol. The van der Waals surface area contributed by atoms with Crippen molar-refractivity contribution in [3.8, 4) is 0 Å². The number of halogens is 1. The Morgan fingerprint density at radius 1 is 0.839 bits per heavy atom. The molecule has 9 heteroatoms. The monoisotopic (exact) mass is 567 g/mol. The van der Waals surface area contributed by atoms with Crippen LogP contribution >= 0.6 is 35.7 Å². The maximum Gasteiger partial charge on any atom is 0.191 e. The largest absolute Gasteiger partial charge is 0.379 e. The Morgan fingerprint density at radius 3 is 1.90 bits per heavy atom. The molecule has 3 aliphatic heterocycles. The molecule has 0 radical (unpaired) electrons. The van der Waals surface area contributed by atoms with E-state index >= 15 is 0 Å². The van der Waals surface area contributed by atoms with E-state index in [0.29, 0.717) is 0 Å². The van der Waals surface area contributed by atoms with Crippen molar-refractivity contribution >= 4 is 41.7 Å². The maximum absolute atomic E-state index is 5.63. The van der Waals surface area contributed by atoms with Crippen LogP contribution in [0.1, 0.15) is 38.5 Å². The number of ether oxygens (including phenoxy) is 2. The molecule has 4 fully saturated rings. The summed E-state index contributed by atoms with van der Waals surface area (Å²) in [4.78, 5) is 9.94. The number of nitrogens with one attached hydrogen (secondary N) is 2. The van der Waals surface area contributed by atoms with E-state index < -0.39 is 0 Å². The lowest BCUT2D eigenvalue weighted by Crippen LogP contribution is -2.62. The van der Waals surface area contributed by atoms with Gasteiger partial charge in [-0.15, -0.1) is 24.0 Å². The van der Waals surface area contributed by atoms with Crippen molar-refractivity contribution in [3.05, 3.63) is 0 Å². The second kappa shape index (κ2) is 12.6. The fourth-order valence-corrected chi connectivity index (χ4v) is 7.18. The molecule has 3 heterocycles. The van der Waals surface area contributed by atoms with Gasteiger partial charge in [0.2, 0.25) is 0 Å². The molecule has 0 bridgehead atoms. The third-order valence-electron chi connectivity index (χ3n) is 7.62. The van der Waals surface area contributed by atoms with Crippen molar-refractivity contribution in [1.82, 2.24) is 20.4 Å². The number of thioether (sulfide) groups is 1. The van der Waals surface area contributed by atoms with Gasteiger partial charge in [0.1, 0.15) is 0 Å². The number of rotatable bonds is 6. The van der Waals surface area contributed by atoms with Crippen LogP contribution in [0.5, 0.6) is 0 Å². The minimum absolute atomic E-state index is 0. The van der Waals surface area contributed by atoms with Crippen LogP contribution in [-0.4, -0.2) is 111 Å². The summed E-state index contributed by atoms with van der Waals surface area (Å²) in [5.74, 6) is 3.41. The minimum Gasteiger partial charge on any atom is -0.379 e. The summed E-state index contributed by atoms with van der Waals surface area (Å²) in [5.41, 5.74) is 0.490. The van der Waals surface area contributed by atoms with Gasteiger partial charge >= 0.3 is 0 Å². The smallest absolute Gasteiger partial charge is 0.191 e. The molecule has 0 aromatic carbocycles. The Kier molecular flexibility index (Phi) is 10.5. The van der Waals surface area contributed by atoms with Gasteiger partial charge in [-0.1, -0.05) is 19.3 Å². The third kappa shape index (κ3) is 6.41. The van der Waals surface area contributed by atoms with Gasteiger partial charge in [-0.05, 0) is 25.0 Å². The molecular weight excluding hydrogens is 525 g/mol. The Labute approximate surface area is 209 Å². The first-order chi connectivity index (χ1) is 14.8. The number of morpholine rings is 2. The molecule has 1 aliphatic carbocycles. The first-order valence-corrected chi connectivity index (χ1v) is 13.1. The van der Waals surface area contributed by atoms with Crippen LogP contribution in [0.2, 0.25) is 0 Å². The van der Waals surface area contributed by atoms with E-state index in [1.54, 1.807) is 0 Å². The van der Waals surface area contributed by atoms with Crippen molar-refractivity contribution in [3.63, 3.8) is 0 Å². The van der Waals surface area contributed by atoms with E-state index in [0.717, 1.165) is 71.7 Å². The zero-order valence-electron chi connectivity index (χ0n) is 19.2. The molecule has 1 atom stereocenters. The standard InChI is InChI=1S/C22H41N5O2S.HI/c1-23-20(25-18-22(7-16-30-19-22)27-10-14-29-15-11-27)24-17-21(5-3-2-4-6-21)26-8-12-28-13-9-26;/h2-19H2,1H3,(H2,23,24,25);1H. The van der Waals surface area contributed by atoms with Crippen LogP contribution in [0.15, 0.2) is 4.99 Å². The molecule has 1 saturated carbocycles. The van der Waals surface area contributed by atoms with Gasteiger partial charge in [0.25, 0.3) is 0 Å². The van der Waals surface area contributed by atoms with Crippen molar-refractivity contribution in [2.45, 2.75) is 49.6 Å². The Hall–Kier alpha value is 0.190. The van der Waals surface area contributed by atoms with Crippen LogP contribution in [0.4, 0.5) is 0 Å². The first-order valence-electron chi connectivity index (χ1n) is 11.9. The topological polar surface area (TPSA) is 61.4 Å². The summed E-state index contributed by atoms with van der Waals surface area (Å²) in [6.45, 7) is 9.63. The van der Waals surface area contributed by atoms with E-state index in [2.05, 4.69) is 37.2 Å². The summed E-state index contributed by atoms with van der Waals surface area (Å²) in [6.07, 6.45) is 7.86. The van der Waals surface area contributed by atoms with Gasteiger partial charge in [0.15, 0.2) is 5.96 Å². The average Bonchev–Trinajstić information content (AvgIpc) is 3.31. The van der Waals surface area contributed by atoms with Crippen LogP contribution in [0.3, 0.4) is 0 Å². The van der Waals surface area contributed by atoms with E-state index in [1.807, 2.05) is 7.05 Å². The van der Waals surface area contributed by atoms with Crippen molar-refractivity contribution in [1.29, 1.82) is 0 Å². The molecule has 31 heavy (non-hydrogen) atoms. The summed E-state index contributed by atoms with van der Waals surface area (Å²) in [5, 5.41) is 7.44. The number of nitrogens with zero attached hydrogens (tertiary/aromatic N) is 3. The lowest BCUT2D eigenvalue weighted by molar-refractivity contribution is -0.0353. The molecule has 0 spiro atoms. The third-order valence-corrected chi connectivity index (χ3v) is 8.86. The van der Waals surface area contributed by atoms with Gasteiger partial charge in [-0.2, -0.15) is 11.8 Å². The first kappa shape index (κ1) is 25.8. The second-order valence-electron chi connectivity index (χ2n) is 9.29. The highest BCUT2D eigenvalue weighted by atomic mass is 127. The summed E-state index contributed by atoms with van der Waals surface area (Å²) < 4.78 is 11.2. The quantitative estimate of drug-likeness (QED) is 0.290. The molecule has 180 valence electrons. The zero-order valence-corrected chi connectivity index (χ0v) is 22.3. The number of hydrogen-bond acceptors (Lipinski definition) is 6. The number of guanidine groups is 1. The summed E-state index contributed by atoms with van der Waals surface area (Å²) in [7, 11) is 1.91. The van der Waals surface area contributed by atoms with Crippen molar-refractivity contribution in [2.24, 2.45) is 4.99 Å². The van der Waals surface area contributed by atoms with Crippen LogP contribution in [0, 0.1) is 0 Å². The van der Waals surface area contributed by atoms with Gasteiger partial charge < -0.3 is 20.1 Å². The van der Waals surface area contributed by atoms with E-state index in [1.165, 1.54) is 50.0 Å². The summed E-state index contributed by atoms with van der Waals surface area (Å²) in [6, 6.07) is 0. The maximum atomic E-state index is 5.63. The fourth-order valence-electron chi connectivity index (χ4n) is 5.70. The van der Waals surface area contributed by atoms with Crippen LogP contribution < -0.4 is 10.6 Å². The summed E-state index contributed by atoms with van der Waals surface area (Å²) >= 11 is 2.09. The highest BCUT2D eigenvalue weighted by Crippen LogP contribution is 2.35. The Balaban J connectivity index is 0.00000272. The second-order valence-corrected chi connectivity index (χ2v) is 10.4. The molecule has 4 rings (SSSR count). The zero-order chi connectivity index (χ0) is 20.7. The highest BCUT2D eigenvalue weighted by Gasteiger charge is 2.41. The fraction of sp³-hybridized carbons (Fsp3) is 0.955. The predicted octanol–water partition coefficient (Wildman–Crippen LogP) is 2.01. The highest BCUT2D eigenvalue weighted by molar-refractivity contribution is 14.0. The molecule has 0 amide bonds. The van der Waals surface area contributed by atoms with Gasteiger partial charge in [0.05, 0.1) is 26.4 Å². The predicted molar refractivity (Wildman–Crippen MR) is 140 cm³/mol. The minimum atomic E-state index is 0. The van der Waals surface area contributed by atoms with E-state index in [-0.39, 0.29) is 35.1 Å². The molecule has 3 saturated heterocycles. The van der Waals surface area contributed by atoms with Gasteiger partial charge in [0, 0.05) is 63.1 Å². The van der Waals surface area contributed by atoms with E-state index in [4.69, 9.17) is 9.47 Å². The molecule has 0 aromatic rings. The van der Waals surface area contributed by atoms with Gasteiger partial charge in [-0.25, -0.2) is 0 Å². The van der Waals surface area contributed by atoms with Crippen LogP contribution in [-0.2, 0) is 9.47 Å². The molecule has 0 aromatic heterocycles. The van der Waals surface area contributed by atoms with Gasteiger partial charge in [-0.3, -0.25) is 14.8 Å². The van der Waals surface area contributed by atoms with E-state index in [9.17, 15) is 0 Å². The Morgan fingerprint density at radius 2 is 1.39 bits per heavy atom. The van der Waals surface area contributed by atoms with Crippen molar-refractivity contribution < 1.29 is 9.47 Å². The SMILES string of the molecule is CN=C(NCC1(N2CCOCC2)CCCCC1)NCC1(N2CCOCC2)CCSC1.I. The molecule has 4 aliphatic rings. The lowest BCUT2D eigenvalue weighted by atomic mass is 9.80. The molecule has 2 N–H and O–H groups in total. The molecule has 7 nitrogen and oxygen atoms in total. The lowest BCUT2D eigenvalue weighted by Gasteiger charge is -2.48. The normalized spacial score (nSPS) is 30.5.